The second kappa shape index (κ2) is 11.2. The first-order valence-electron chi connectivity index (χ1n) is 9.52. The molecule has 2 rings (SSSR count). The fraction of sp³-hybridized carbons (Fsp3) is 0.304. The van der Waals surface area contributed by atoms with Gasteiger partial charge in [-0.15, -0.1) is 0 Å². The molecule has 2 aromatic carbocycles. The Bertz CT molecular complexity index is 855. The van der Waals surface area contributed by atoms with Crippen LogP contribution in [-0.2, 0) is 21.8 Å². The topological polar surface area (TPSA) is 46.2 Å². The quantitative estimate of drug-likeness (QED) is 0.532. The molecule has 2 unspecified atom stereocenters. The number of benzene rings is 2. The van der Waals surface area contributed by atoms with Crippen LogP contribution in [0.2, 0.25) is 0 Å². The summed E-state index contributed by atoms with van der Waals surface area (Å²) in [5.74, 6) is 0. The molecule has 0 saturated carbocycles. The zero-order chi connectivity index (χ0) is 20.5. The largest absolute Gasteiger partial charge is 0.249 e. The van der Waals surface area contributed by atoms with E-state index < -0.39 is 21.8 Å². The van der Waals surface area contributed by atoms with Crippen LogP contribution >= 0.6 is 0 Å². The van der Waals surface area contributed by atoms with E-state index in [2.05, 4.69) is 18.2 Å². The highest BCUT2D eigenvalue weighted by Crippen LogP contribution is 2.22. The Balaban J connectivity index is 2.30. The Morgan fingerprint density at radius 3 is 2.04 bits per heavy atom. The van der Waals surface area contributed by atoms with Crippen molar-refractivity contribution in [3.8, 4) is 0 Å². The molecular weight excluding hydrogens is 386 g/mol. The smallest absolute Gasteiger partial charge is 0.125 e. The lowest BCUT2D eigenvalue weighted by Crippen LogP contribution is -2.34. The summed E-state index contributed by atoms with van der Waals surface area (Å²) in [5.41, 5.74) is 2.24. The number of aryl methyl sites for hydroxylation is 2. The Morgan fingerprint density at radius 1 is 1.00 bits per heavy atom. The average molecular weight is 416 g/mol. The van der Waals surface area contributed by atoms with Gasteiger partial charge in [0.25, 0.3) is 0 Å². The van der Waals surface area contributed by atoms with Crippen LogP contribution in [0.5, 0.6) is 0 Å². The van der Waals surface area contributed by atoms with Crippen LogP contribution in [-0.4, -0.2) is 14.5 Å². The Morgan fingerprint density at radius 2 is 1.54 bits per heavy atom. The average Bonchev–Trinajstić information content (AvgIpc) is 2.70. The van der Waals surface area contributed by atoms with Gasteiger partial charge in [0.1, 0.15) is 11.0 Å². The second-order valence-electron chi connectivity index (χ2n) is 6.78. The third-order valence-electron chi connectivity index (χ3n) is 4.41. The standard InChI is InChI=1S/C23H29NO2S2/c1-5-7-9-22(24-28(26)21-16-12-19(4)13-17-21)23(8-6-2)27(25)20-14-10-18(3)11-15-20/h6,8,10-17,22,24H,2,5,7,9H2,1,3-4H3/b23-8+/t22-,27?,28?/m1/s1. The monoisotopic (exact) mass is 415 g/mol. The lowest BCUT2D eigenvalue weighted by Gasteiger charge is -2.21. The van der Waals surface area contributed by atoms with Crippen LogP contribution < -0.4 is 4.72 Å². The molecule has 0 aliphatic heterocycles. The molecule has 0 aliphatic carbocycles. The van der Waals surface area contributed by atoms with E-state index in [1.807, 2.05) is 62.4 Å². The Labute approximate surface area is 174 Å². The van der Waals surface area contributed by atoms with Gasteiger partial charge in [0.2, 0.25) is 0 Å². The number of hydrogen-bond acceptors (Lipinski definition) is 2. The van der Waals surface area contributed by atoms with Crippen molar-refractivity contribution in [1.29, 1.82) is 0 Å². The van der Waals surface area contributed by atoms with Crippen LogP contribution in [0.3, 0.4) is 0 Å². The summed E-state index contributed by atoms with van der Waals surface area (Å²) in [6, 6.07) is 15.0. The summed E-state index contributed by atoms with van der Waals surface area (Å²) in [6.07, 6.45) is 6.15. The highest BCUT2D eigenvalue weighted by atomic mass is 32.2. The number of allylic oxidation sites excluding steroid dienone is 2. The van der Waals surface area contributed by atoms with Gasteiger partial charge in [0, 0.05) is 9.80 Å². The van der Waals surface area contributed by atoms with Gasteiger partial charge in [0.05, 0.1) is 21.7 Å². The molecule has 3 nitrogen and oxygen atoms in total. The van der Waals surface area contributed by atoms with Crippen molar-refractivity contribution in [2.45, 2.75) is 55.9 Å². The van der Waals surface area contributed by atoms with Crippen LogP contribution in [0.15, 0.2) is 82.0 Å². The first-order valence-corrected chi connectivity index (χ1v) is 11.8. The summed E-state index contributed by atoms with van der Waals surface area (Å²) in [7, 11) is -2.73. The van der Waals surface area contributed by atoms with Gasteiger partial charge < -0.3 is 0 Å². The normalized spacial score (nSPS) is 15.0. The SMILES string of the molecule is C=C/C=C(\[C@@H](CCCC)NS(=O)c1ccc(C)cc1)S(=O)c1ccc(C)cc1. The second-order valence-corrected chi connectivity index (χ2v) is 9.51. The highest BCUT2D eigenvalue weighted by molar-refractivity contribution is 7.89. The summed E-state index contributed by atoms with van der Waals surface area (Å²) in [4.78, 5) is 2.15. The van der Waals surface area contributed by atoms with Gasteiger partial charge in [-0.2, -0.15) is 0 Å². The molecular formula is C23H29NO2S2. The van der Waals surface area contributed by atoms with E-state index in [1.165, 1.54) is 0 Å². The molecule has 28 heavy (non-hydrogen) atoms. The summed E-state index contributed by atoms with van der Waals surface area (Å²) in [5, 5.41) is 0. The van der Waals surface area contributed by atoms with Crippen LogP contribution in [0.4, 0.5) is 0 Å². The van der Waals surface area contributed by atoms with Crippen molar-refractivity contribution in [3.63, 3.8) is 0 Å². The van der Waals surface area contributed by atoms with E-state index in [9.17, 15) is 8.42 Å². The van der Waals surface area contributed by atoms with E-state index in [1.54, 1.807) is 12.2 Å². The number of hydrogen-bond donors (Lipinski definition) is 1. The van der Waals surface area contributed by atoms with Crippen LogP contribution in [0, 0.1) is 13.8 Å². The van der Waals surface area contributed by atoms with Crippen molar-refractivity contribution in [2.75, 3.05) is 0 Å². The minimum absolute atomic E-state index is 0.262. The van der Waals surface area contributed by atoms with E-state index in [4.69, 9.17) is 0 Å². The molecule has 0 aliphatic rings. The maximum atomic E-state index is 13.3. The predicted molar refractivity (Wildman–Crippen MR) is 120 cm³/mol. The third-order valence-corrected chi connectivity index (χ3v) is 7.15. The fourth-order valence-electron chi connectivity index (χ4n) is 2.75. The molecule has 0 saturated heterocycles. The van der Waals surface area contributed by atoms with Crippen LogP contribution in [0.25, 0.3) is 0 Å². The van der Waals surface area contributed by atoms with Crippen molar-refractivity contribution >= 4 is 21.8 Å². The molecule has 3 atom stereocenters. The van der Waals surface area contributed by atoms with Crippen molar-refractivity contribution < 1.29 is 8.42 Å². The van der Waals surface area contributed by atoms with Gasteiger partial charge in [-0.3, -0.25) is 0 Å². The molecule has 0 spiro atoms. The zero-order valence-electron chi connectivity index (χ0n) is 16.8. The van der Waals surface area contributed by atoms with E-state index in [0.717, 1.165) is 35.3 Å². The molecule has 150 valence electrons. The van der Waals surface area contributed by atoms with Gasteiger partial charge in [0.15, 0.2) is 0 Å². The zero-order valence-corrected chi connectivity index (χ0v) is 18.4. The van der Waals surface area contributed by atoms with Gasteiger partial charge in [-0.1, -0.05) is 67.8 Å². The van der Waals surface area contributed by atoms with Crippen molar-refractivity contribution in [1.82, 2.24) is 4.72 Å². The molecule has 0 amide bonds. The number of nitrogens with one attached hydrogen (secondary N) is 1. The van der Waals surface area contributed by atoms with Gasteiger partial charge in [-0.25, -0.2) is 13.1 Å². The van der Waals surface area contributed by atoms with Gasteiger partial charge >= 0.3 is 0 Å². The molecule has 0 fully saturated rings. The molecule has 0 heterocycles. The first kappa shape index (κ1) is 22.5. The Hall–Kier alpha value is -1.82. The van der Waals surface area contributed by atoms with Gasteiger partial charge in [-0.05, 0) is 50.6 Å². The van der Waals surface area contributed by atoms with Crippen LogP contribution in [0.1, 0.15) is 37.3 Å². The fourth-order valence-corrected chi connectivity index (χ4v) is 5.16. The predicted octanol–water partition coefficient (Wildman–Crippen LogP) is 5.35. The molecule has 0 radical (unpaired) electrons. The van der Waals surface area contributed by atoms with E-state index >= 15 is 0 Å². The number of rotatable bonds is 10. The summed E-state index contributed by atoms with van der Waals surface area (Å²) in [6.45, 7) is 9.90. The maximum Gasteiger partial charge on any atom is 0.125 e. The third kappa shape index (κ3) is 6.36. The molecule has 0 bridgehead atoms. The Kier molecular flexibility index (Phi) is 9.03. The lowest BCUT2D eigenvalue weighted by atomic mass is 10.1. The minimum Gasteiger partial charge on any atom is -0.249 e. The van der Waals surface area contributed by atoms with Crippen molar-refractivity contribution in [3.05, 3.63) is 83.3 Å². The highest BCUT2D eigenvalue weighted by Gasteiger charge is 2.22. The lowest BCUT2D eigenvalue weighted by molar-refractivity contribution is 0.597. The molecule has 5 heteroatoms. The molecule has 0 aromatic heterocycles. The van der Waals surface area contributed by atoms with E-state index in [0.29, 0.717) is 9.80 Å². The molecule has 1 N–H and O–H groups in total. The number of unbranched alkanes of at least 4 members (excludes halogenated alkanes) is 1. The molecule has 2 aromatic rings. The maximum absolute atomic E-state index is 13.3. The van der Waals surface area contributed by atoms with Crippen molar-refractivity contribution in [2.24, 2.45) is 0 Å². The first-order chi connectivity index (χ1) is 13.5. The van der Waals surface area contributed by atoms with E-state index in [-0.39, 0.29) is 6.04 Å². The minimum atomic E-state index is -1.39. The summed E-state index contributed by atoms with van der Waals surface area (Å²) < 4.78 is 29.4. The summed E-state index contributed by atoms with van der Waals surface area (Å²) >= 11 is 0.